The fraction of sp³-hybridized carbons (Fsp3) is 0.269. The molecule has 0 radical (unpaired) electrons. The molecule has 11 heteroatoms. The van der Waals surface area contributed by atoms with Crippen LogP contribution in [0.15, 0.2) is 66.0 Å². The Morgan fingerprint density at radius 1 is 1.11 bits per heavy atom. The predicted octanol–water partition coefficient (Wildman–Crippen LogP) is 3.93. The third kappa shape index (κ3) is 6.76. The van der Waals surface area contributed by atoms with Gasteiger partial charge in [0, 0.05) is 16.0 Å². The number of benzene rings is 2. The molecule has 4 aromatic rings. The molecule has 0 aliphatic carbocycles. The standard InChI is InChI=1S/C26H27FN6O3S/c1-26(2,3)28-25(36)23(17-8-12-20(34)13-9-17)32(15-21-5-4-14-37-21)22(35)16-33-30-24(29-31-33)18-6-10-19(27)11-7-18/h4-14,23,34H,15-16H2,1-3H3,(H,28,36). The highest BCUT2D eigenvalue weighted by atomic mass is 32.1. The summed E-state index contributed by atoms with van der Waals surface area (Å²) in [5, 5.41) is 26.9. The van der Waals surface area contributed by atoms with Crippen molar-refractivity contribution in [1.29, 1.82) is 0 Å². The van der Waals surface area contributed by atoms with Crippen LogP contribution in [-0.2, 0) is 22.7 Å². The van der Waals surface area contributed by atoms with Gasteiger partial charge in [0.2, 0.25) is 17.6 Å². The summed E-state index contributed by atoms with van der Waals surface area (Å²) in [5.74, 6) is -0.849. The average Bonchev–Trinajstić information content (AvgIpc) is 3.51. The van der Waals surface area contributed by atoms with E-state index in [1.165, 1.54) is 52.6 Å². The number of aromatic nitrogens is 4. The molecule has 2 amide bonds. The number of nitrogens with one attached hydrogen (secondary N) is 1. The predicted molar refractivity (Wildman–Crippen MR) is 137 cm³/mol. The maximum atomic E-state index is 13.7. The van der Waals surface area contributed by atoms with Gasteiger partial charge in [-0.2, -0.15) is 4.80 Å². The van der Waals surface area contributed by atoms with Crippen LogP contribution in [0.5, 0.6) is 5.75 Å². The quantitative estimate of drug-likeness (QED) is 0.363. The van der Waals surface area contributed by atoms with Crippen molar-refractivity contribution in [3.8, 4) is 17.1 Å². The molecule has 0 fully saturated rings. The van der Waals surface area contributed by atoms with Gasteiger partial charge in [-0.1, -0.05) is 18.2 Å². The van der Waals surface area contributed by atoms with Gasteiger partial charge in [0.05, 0.1) is 6.54 Å². The van der Waals surface area contributed by atoms with E-state index in [1.54, 1.807) is 12.1 Å². The first kappa shape index (κ1) is 26.0. The molecule has 2 N–H and O–H groups in total. The second-order valence-electron chi connectivity index (χ2n) is 9.48. The number of carbonyl (C=O) groups excluding carboxylic acids is 2. The zero-order valence-corrected chi connectivity index (χ0v) is 21.4. The molecule has 0 saturated heterocycles. The fourth-order valence-corrected chi connectivity index (χ4v) is 4.40. The zero-order chi connectivity index (χ0) is 26.6. The summed E-state index contributed by atoms with van der Waals surface area (Å²) < 4.78 is 13.3. The number of halogens is 1. The summed E-state index contributed by atoms with van der Waals surface area (Å²) in [6.07, 6.45) is 0. The molecule has 2 heterocycles. The fourth-order valence-electron chi connectivity index (χ4n) is 3.70. The molecule has 2 aromatic heterocycles. The summed E-state index contributed by atoms with van der Waals surface area (Å²) in [7, 11) is 0. The van der Waals surface area contributed by atoms with Crippen LogP contribution in [-0.4, -0.2) is 47.6 Å². The van der Waals surface area contributed by atoms with Crippen molar-refractivity contribution in [2.45, 2.75) is 45.4 Å². The van der Waals surface area contributed by atoms with E-state index in [4.69, 9.17) is 0 Å². The van der Waals surface area contributed by atoms with Gasteiger partial charge in [0.1, 0.15) is 24.2 Å². The number of phenolic OH excluding ortho intramolecular Hbond substituents is 1. The maximum Gasteiger partial charge on any atom is 0.247 e. The molecule has 0 bridgehead atoms. The summed E-state index contributed by atoms with van der Waals surface area (Å²) >= 11 is 1.47. The van der Waals surface area contributed by atoms with E-state index in [-0.39, 0.29) is 36.4 Å². The Bertz CT molecular complexity index is 1350. The normalized spacial score (nSPS) is 12.2. The van der Waals surface area contributed by atoms with Crippen LogP contribution in [0.3, 0.4) is 0 Å². The highest BCUT2D eigenvalue weighted by Crippen LogP contribution is 2.27. The molecule has 4 rings (SSSR count). The molecule has 192 valence electrons. The number of hydrogen-bond donors (Lipinski definition) is 2. The van der Waals surface area contributed by atoms with Crippen molar-refractivity contribution in [2.75, 3.05) is 0 Å². The minimum atomic E-state index is -0.977. The Hall–Kier alpha value is -4.12. The third-order valence-corrected chi connectivity index (χ3v) is 6.19. The topological polar surface area (TPSA) is 113 Å². The molecule has 2 aromatic carbocycles. The lowest BCUT2D eigenvalue weighted by molar-refractivity contribution is -0.143. The highest BCUT2D eigenvalue weighted by molar-refractivity contribution is 7.09. The van der Waals surface area contributed by atoms with E-state index in [0.717, 1.165) is 9.67 Å². The Labute approximate surface area is 217 Å². The van der Waals surface area contributed by atoms with Crippen LogP contribution in [0.1, 0.15) is 37.3 Å². The van der Waals surface area contributed by atoms with Crippen molar-refractivity contribution >= 4 is 23.2 Å². The second-order valence-corrected chi connectivity index (χ2v) is 10.5. The molecule has 0 spiro atoms. The van der Waals surface area contributed by atoms with Gasteiger partial charge in [0.25, 0.3) is 0 Å². The Balaban J connectivity index is 1.66. The number of aromatic hydroxyl groups is 1. The van der Waals surface area contributed by atoms with Crippen molar-refractivity contribution in [3.63, 3.8) is 0 Å². The SMILES string of the molecule is CC(C)(C)NC(=O)C(c1ccc(O)cc1)N(Cc1cccs1)C(=O)Cn1nnc(-c2ccc(F)cc2)n1. The van der Waals surface area contributed by atoms with Crippen molar-refractivity contribution < 1.29 is 19.1 Å². The molecule has 0 aliphatic rings. The van der Waals surface area contributed by atoms with E-state index in [1.807, 2.05) is 38.3 Å². The molecule has 37 heavy (non-hydrogen) atoms. The minimum absolute atomic E-state index is 0.0509. The number of amides is 2. The van der Waals surface area contributed by atoms with E-state index in [9.17, 15) is 19.1 Å². The van der Waals surface area contributed by atoms with Gasteiger partial charge in [-0.15, -0.1) is 21.5 Å². The number of thiophene rings is 1. The van der Waals surface area contributed by atoms with Crippen molar-refractivity contribution in [3.05, 3.63) is 82.3 Å². The molecule has 1 unspecified atom stereocenters. The van der Waals surface area contributed by atoms with Gasteiger partial charge >= 0.3 is 0 Å². The molecule has 0 saturated carbocycles. The van der Waals surface area contributed by atoms with Gasteiger partial charge in [-0.3, -0.25) is 9.59 Å². The van der Waals surface area contributed by atoms with Crippen LogP contribution < -0.4 is 5.32 Å². The minimum Gasteiger partial charge on any atom is -0.508 e. The summed E-state index contributed by atoms with van der Waals surface area (Å²) in [4.78, 5) is 30.8. The van der Waals surface area contributed by atoms with Crippen molar-refractivity contribution in [1.82, 2.24) is 30.4 Å². The highest BCUT2D eigenvalue weighted by Gasteiger charge is 2.34. The van der Waals surface area contributed by atoms with E-state index < -0.39 is 17.5 Å². The van der Waals surface area contributed by atoms with Gasteiger partial charge < -0.3 is 15.3 Å². The first-order chi connectivity index (χ1) is 17.6. The van der Waals surface area contributed by atoms with Crippen molar-refractivity contribution in [2.24, 2.45) is 0 Å². The molecule has 0 aliphatic heterocycles. The number of nitrogens with zero attached hydrogens (tertiary/aromatic N) is 5. The van der Waals surface area contributed by atoms with Gasteiger partial charge in [-0.05, 0) is 79.4 Å². The molecule has 1 atom stereocenters. The lowest BCUT2D eigenvalue weighted by Gasteiger charge is -2.33. The van der Waals surface area contributed by atoms with Gasteiger partial charge in [0.15, 0.2) is 0 Å². The van der Waals surface area contributed by atoms with Crippen LogP contribution >= 0.6 is 11.3 Å². The van der Waals surface area contributed by atoms with Crippen LogP contribution in [0.25, 0.3) is 11.4 Å². The van der Waals surface area contributed by atoms with E-state index in [2.05, 4.69) is 20.7 Å². The van der Waals surface area contributed by atoms with E-state index >= 15 is 0 Å². The Kier molecular flexibility index (Phi) is 7.63. The first-order valence-electron chi connectivity index (χ1n) is 11.6. The van der Waals surface area contributed by atoms with Crippen LogP contribution in [0, 0.1) is 5.82 Å². The molecular formula is C26H27FN6O3S. The van der Waals surface area contributed by atoms with Gasteiger partial charge in [-0.25, -0.2) is 4.39 Å². The lowest BCUT2D eigenvalue weighted by Crippen LogP contribution is -2.49. The Morgan fingerprint density at radius 3 is 2.43 bits per heavy atom. The largest absolute Gasteiger partial charge is 0.508 e. The number of phenols is 1. The summed E-state index contributed by atoms with van der Waals surface area (Å²) in [5.41, 5.74) is 0.562. The monoisotopic (exact) mass is 522 g/mol. The smallest absolute Gasteiger partial charge is 0.247 e. The number of hydrogen-bond acceptors (Lipinski definition) is 7. The third-order valence-electron chi connectivity index (χ3n) is 5.33. The second kappa shape index (κ2) is 10.9. The van der Waals surface area contributed by atoms with Crippen LogP contribution in [0.4, 0.5) is 4.39 Å². The number of carbonyl (C=O) groups is 2. The number of rotatable bonds is 8. The maximum absolute atomic E-state index is 13.7. The molecule has 9 nitrogen and oxygen atoms in total. The first-order valence-corrected chi connectivity index (χ1v) is 12.4. The molecular weight excluding hydrogens is 495 g/mol. The summed E-state index contributed by atoms with van der Waals surface area (Å²) in [6, 6.07) is 14.6. The number of tetrazole rings is 1. The van der Waals surface area contributed by atoms with Crippen LogP contribution in [0.2, 0.25) is 0 Å². The van der Waals surface area contributed by atoms with E-state index in [0.29, 0.717) is 11.1 Å². The zero-order valence-electron chi connectivity index (χ0n) is 20.6. The lowest BCUT2D eigenvalue weighted by atomic mass is 10.0. The average molecular weight is 523 g/mol. The Morgan fingerprint density at radius 2 is 1.81 bits per heavy atom. The summed E-state index contributed by atoms with van der Waals surface area (Å²) in [6.45, 7) is 5.50.